The number of fused-ring (bicyclic) bond motifs is 1. The van der Waals surface area contributed by atoms with E-state index in [4.69, 9.17) is 17.3 Å². The van der Waals surface area contributed by atoms with E-state index < -0.39 is 47.7 Å². The number of rotatable bonds is 6. The zero-order valence-electron chi connectivity index (χ0n) is 14.5. The highest BCUT2D eigenvalue weighted by Gasteiger charge is 2.54. The number of nitrogens with one attached hydrogen (secondary N) is 1. The summed E-state index contributed by atoms with van der Waals surface area (Å²) in [4.78, 5) is 45.2. The van der Waals surface area contributed by atoms with Gasteiger partial charge in [0.05, 0.1) is 5.03 Å². The molecule has 2 aliphatic rings. The number of nitrogens with two attached hydrogens (primary N) is 1. The summed E-state index contributed by atoms with van der Waals surface area (Å²) in [6, 6.07) is -1.15. The number of carboxylic acid groups (broad SMARTS) is 1. The van der Waals surface area contributed by atoms with Gasteiger partial charge in [-0.3, -0.25) is 14.5 Å². The fraction of sp³-hybridized carbons (Fsp3) is 0.357. The van der Waals surface area contributed by atoms with Crippen LogP contribution in [-0.4, -0.2) is 68.4 Å². The molecule has 1 fully saturated rings. The summed E-state index contributed by atoms with van der Waals surface area (Å²) in [5, 5.41) is 15.3. The molecule has 3 rings (SSSR count). The van der Waals surface area contributed by atoms with Gasteiger partial charge < -0.3 is 21.0 Å². The van der Waals surface area contributed by atoms with E-state index in [0.29, 0.717) is 0 Å². The zero-order chi connectivity index (χ0) is 22.2. The number of thiazole rings is 1. The van der Waals surface area contributed by atoms with Crippen LogP contribution in [0.4, 0.5) is 18.3 Å². The number of alkyl halides is 3. The Labute approximate surface area is 178 Å². The van der Waals surface area contributed by atoms with Crippen LogP contribution in [-0.2, 0) is 19.2 Å². The molecule has 0 saturated carbocycles. The number of anilines is 1. The summed E-state index contributed by atoms with van der Waals surface area (Å²) in [6.45, 7) is -1.75. The average molecular weight is 486 g/mol. The monoisotopic (exact) mass is 485 g/mol. The number of carboxylic acids is 1. The fourth-order valence-corrected chi connectivity index (χ4v) is 4.66. The molecule has 2 aliphatic heterocycles. The SMILES string of the molecule is Nc1nc(/C(=N/OCC(F)(F)F)C(=O)NC2C(=O)N3C(C(=O)O)=C(Cl)CS[C@H]23)cs1. The molecule has 1 unspecified atom stereocenters. The molecular formula is C14H11ClF3N5O5S2. The Bertz CT molecular complexity index is 966. The van der Waals surface area contributed by atoms with Gasteiger partial charge in [-0.1, -0.05) is 16.8 Å². The van der Waals surface area contributed by atoms with Gasteiger partial charge in [0.25, 0.3) is 11.8 Å². The molecule has 30 heavy (non-hydrogen) atoms. The maximum absolute atomic E-state index is 12.6. The third-order valence-corrected chi connectivity index (χ3v) is 6.20. The van der Waals surface area contributed by atoms with E-state index in [1.807, 2.05) is 0 Å². The van der Waals surface area contributed by atoms with Gasteiger partial charge in [-0.2, -0.15) is 13.2 Å². The summed E-state index contributed by atoms with van der Waals surface area (Å²) < 4.78 is 36.9. The number of hydrogen-bond donors (Lipinski definition) is 3. The summed E-state index contributed by atoms with van der Waals surface area (Å²) in [7, 11) is 0. The highest BCUT2D eigenvalue weighted by atomic mass is 35.5. The van der Waals surface area contributed by atoms with E-state index in [0.717, 1.165) is 28.0 Å². The Morgan fingerprint density at radius 3 is 2.77 bits per heavy atom. The molecule has 0 aromatic carbocycles. The van der Waals surface area contributed by atoms with Gasteiger partial charge in [-0.05, 0) is 0 Å². The maximum atomic E-state index is 12.6. The largest absolute Gasteiger partial charge is 0.477 e. The fourth-order valence-electron chi connectivity index (χ4n) is 2.56. The van der Waals surface area contributed by atoms with E-state index in [1.54, 1.807) is 0 Å². The Morgan fingerprint density at radius 2 is 2.20 bits per heavy atom. The lowest BCUT2D eigenvalue weighted by atomic mass is 10.0. The first kappa shape index (κ1) is 22.2. The molecule has 16 heteroatoms. The summed E-state index contributed by atoms with van der Waals surface area (Å²) >= 11 is 7.89. The van der Waals surface area contributed by atoms with Crippen LogP contribution in [0.15, 0.2) is 21.3 Å². The van der Waals surface area contributed by atoms with Gasteiger partial charge in [-0.15, -0.1) is 23.1 Å². The van der Waals surface area contributed by atoms with Gasteiger partial charge in [0, 0.05) is 11.1 Å². The zero-order valence-corrected chi connectivity index (χ0v) is 16.9. The number of nitrogen functional groups attached to an aromatic ring is 1. The van der Waals surface area contributed by atoms with Crippen molar-refractivity contribution in [2.45, 2.75) is 17.6 Å². The predicted octanol–water partition coefficient (Wildman–Crippen LogP) is 0.943. The van der Waals surface area contributed by atoms with Gasteiger partial charge in [0.1, 0.15) is 22.8 Å². The van der Waals surface area contributed by atoms with Crippen molar-refractivity contribution in [2.75, 3.05) is 18.1 Å². The number of β-lactam (4-membered cyclic amide) rings is 1. The standard InChI is InChI=1S/C14H11ClF3N5O5S2/c15-4-1-29-11-7(10(25)23(11)8(4)12(26)27)21-9(24)6(5-2-30-13(19)20-5)22-28-3-14(16,17)18/h2,7,11H,1,3H2,(H2,19,20)(H,21,24)(H,26,27)/b22-6-/t7?,11-/m1/s1. The van der Waals surface area contributed by atoms with E-state index in [1.165, 1.54) is 5.38 Å². The summed E-state index contributed by atoms with van der Waals surface area (Å²) in [5.74, 6) is -3.09. The summed E-state index contributed by atoms with van der Waals surface area (Å²) in [5.41, 5.74) is 4.33. The number of aliphatic carboxylic acids is 1. The third kappa shape index (κ3) is 4.46. The molecule has 10 nitrogen and oxygen atoms in total. The van der Waals surface area contributed by atoms with Crippen LogP contribution >= 0.6 is 34.7 Å². The van der Waals surface area contributed by atoms with E-state index in [-0.39, 0.29) is 27.3 Å². The number of amides is 2. The number of carbonyl (C=O) groups excluding carboxylic acids is 2. The first-order chi connectivity index (χ1) is 14.0. The van der Waals surface area contributed by atoms with Crippen molar-refractivity contribution in [3.05, 3.63) is 21.8 Å². The number of oxime groups is 1. The minimum atomic E-state index is -4.69. The number of aromatic nitrogens is 1. The van der Waals surface area contributed by atoms with Crippen molar-refractivity contribution in [3.63, 3.8) is 0 Å². The number of carbonyl (C=O) groups is 3. The van der Waals surface area contributed by atoms with Crippen LogP contribution < -0.4 is 11.1 Å². The van der Waals surface area contributed by atoms with Crippen LogP contribution in [0.2, 0.25) is 0 Å². The van der Waals surface area contributed by atoms with Crippen LogP contribution in [0.25, 0.3) is 0 Å². The number of hydrogen-bond acceptors (Lipinski definition) is 9. The van der Waals surface area contributed by atoms with Crippen molar-refractivity contribution in [1.29, 1.82) is 0 Å². The average Bonchev–Trinajstić information content (AvgIpc) is 3.07. The normalized spacial score (nSPS) is 21.8. The van der Waals surface area contributed by atoms with Crippen LogP contribution in [0.1, 0.15) is 5.69 Å². The molecule has 2 amide bonds. The lowest BCUT2D eigenvalue weighted by Gasteiger charge is -2.48. The second-order valence-electron chi connectivity index (χ2n) is 5.82. The quantitative estimate of drug-likeness (QED) is 0.306. The van der Waals surface area contributed by atoms with Crippen molar-refractivity contribution in [2.24, 2.45) is 5.16 Å². The number of halogens is 4. The van der Waals surface area contributed by atoms with Crippen molar-refractivity contribution < 1.29 is 37.5 Å². The smallest absolute Gasteiger partial charge is 0.425 e. The molecular weight excluding hydrogens is 475 g/mol. The highest BCUT2D eigenvalue weighted by Crippen LogP contribution is 2.41. The molecule has 3 heterocycles. The number of nitrogens with zero attached hydrogens (tertiary/aromatic N) is 3. The second kappa shape index (κ2) is 8.31. The van der Waals surface area contributed by atoms with E-state index in [2.05, 4.69) is 20.3 Å². The van der Waals surface area contributed by atoms with Gasteiger partial charge in [0.2, 0.25) is 6.61 Å². The Balaban J connectivity index is 1.78. The topological polar surface area (TPSA) is 147 Å². The van der Waals surface area contributed by atoms with Crippen LogP contribution in [0.5, 0.6) is 0 Å². The van der Waals surface area contributed by atoms with E-state index in [9.17, 15) is 32.7 Å². The number of thioether (sulfide) groups is 1. The van der Waals surface area contributed by atoms with Crippen molar-refractivity contribution >= 4 is 63.3 Å². The van der Waals surface area contributed by atoms with E-state index >= 15 is 0 Å². The minimum absolute atomic E-state index is 0.0253. The van der Waals surface area contributed by atoms with Crippen LogP contribution in [0, 0.1) is 0 Å². The molecule has 0 spiro atoms. The Morgan fingerprint density at radius 1 is 1.50 bits per heavy atom. The molecule has 0 bridgehead atoms. The van der Waals surface area contributed by atoms with Crippen LogP contribution in [0.3, 0.4) is 0 Å². The highest BCUT2D eigenvalue weighted by molar-refractivity contribution is 8.00. The van der Waals surface area contributed by atoms with Crippen molar-refractivity contribution in [3.8, 4) is 0 Å². The Hall–Kier alpha value is -2.52. The molecule has 1 saturated heterocycles. The third-order valence-electron chi connectivity index (χ3n) is 3.77. The molecule has 0 aliphatic carbocycles. The van der Waals surface area contributed by atoms with Gasteiger partial charge in [0.15, 0.2) is 10.8 Å². The summed E-state index contributed by atoms with van der Waals surface area (Å²) in [6.07, 6.45) is -4.69. The lowest BCUT2D eigenvalue weighted by Crippen LogP contribution is -2.71. The molecule has 1 aromatic rings. The van der Waals surface area contributed by atoms with Gasteiger partial charge in [-0.25, -0.2) is 9.78 Å². The molecule has 4 N–H and O–H groups in total. The molecule has 1 aromatic heterocycles. The molecule has 0 radical (unpaired) electrons. The Kier molecular flexibility index (Phi) is 6.14. The molecule has 162 valence electrons. The lowest BCUT2D eigenvalue weighted by molar-refractivity contribution is -0.174. The predicted molar refractivity (Wildman–Crippen MR) is 101 cm³/mol. The van der Waals surface area contributed by atoms with Crippen molar-refractivity contribution in [1.82, 2.24) is 15.2 Å². The first-order valence-electron chi connectivity index (χ1n) is 7.85. The minimum Gasteiger partial charge on any atom is -0.477 e. The second-order valence-corrected chi connectivity index (χ2v) is 8.27. The maximum Gasteiger partial charge on any atom is 0.425 e. The van der Waals surface area contributed by atoms with Gasteiger partial charge >= 0.3 is 12.1 Å². The first-order valence-corrected chi connectivity index (χ1v) is 10.2. The molecule has 2 atom stereocenters.